The van der Waals surface area contributed by atoms with Crippen LogP contribution in [0.4, 0.5) is 4.79 Å². The maximum absolute atomic E-state index is 12.9. The SMILES string of the molecule is O=C1NCCCCCCN(C(=O)NC2CCCC2)[C@H]2CCCC[C@@H]12. The van der Waals surface area contributed by atoms with E-state index in [0.717, 1.165) is 77.3 Å². The third-order valence-electron chi connectivity index (χ3n) is 6.04. The van der Waals surface area contributed by atoms with Crippen LogP contribution in [-0.4, -0.2) is 42.0 Å². The molecule has 2 aliphatic carbocycles. The molecule has 0 aromatic carbocycles. The van der Waals surface area contributed by atoms with Gasteiger partial charge < -0.3 is 15.5 Å². The topological polar surface area (TPSA) is 61.4 Å². The fraction of sp³-hybridized carbons (Fsp3) is 0.895. The van der Waals surface area contributed by atoms with Crippen LogP contribution >= 0.6 is 0 Å². The summed E-state index contributed by atoms with van der Waals surface area (Å²) in [6.45, 7) is 1.59. The van der Waals surface area contributed by atoms with E-state index in [0.29, 0.717) is 6.04 Å². The summed E-state index contributed by atoms with van der Waals surface area (Å²) in [5.41, 5.74) is 0. The Morgan fingerprint density at radius 3 is 2.46 bits per heavy atom. The molecular weight excluding hydrogens is 302 g/mol. The van der Waals surface area contributed by atoms with Crippen LogP contribution < -0.4 is 10.6 Å². The van der Waals surface area contributed by atoms with E-state index in [4.69, 9.17) is 0 Å². The van der Waals surface area contributed by atoms with Crippen molar-refractivity contribution < 1.29 is 9.59 Å². The molecule has 1 aliphatic heterocycles. The number of urea groups is 1. The molecule has 3 rings (SSSR count). The molecule has 1 saturated heterocycles. The van der Waals surface area contributed by atoms with Gasteiger partial charge in [0.05, 0.1) is 5.92 Å². The lowest BCUT2D eigenvalue weighted by Crippen LogP contribution is -2.55. The van der Waals surface area contributed by atoms with Gasteiger partial charge in [0.25, 0.3) is 0 Å². The first-order valence-corrected chi connectivity index (χ1v) is 10.1. The van der Waals surface area contributed by atoms with Gasteiger partial charge in [-0.05, 0) is 38.5 Å². The van der Waals surface area contributed by atoms with Crippen LogP contribution in [-0.2, 0) is 4.79 Å². The average Bonchev–Trinajstić information content (AvgIpc) is 3.08. The van der Waals surface area contributed by atoms with E-state index < -0.39 is 0 Å². The van der Waals surface area contributed by atoms with E-state index in [-0.39, 0.29) is 23.9 Å². The molecular formula is C19H33N3O2. The normalized spacial score (nSPS) is 30.2. The van der Waals surface area contributed by atoms with Gasteiger partial charge in [-0.15, -0.1) is 0 Å². The van der Waals surface area contributed by atoms with Gasteiger partial charge in [-0.2, -0.15) is 0 Å². The number of amides is 3. The Kier molecular flexibility index (Phi) is 6.38. The molecule has 0 aromatic heterocycles. The lowest BCUT2D eigenvalue weighted by Gasteiger charge is -2.39. The first-order valence-electron chi connectivity index (χ1n) is 10.1. The van der Waals surface area contributed by atoms with Crippen molar-refractivity contribution in [1.29, 1.82) is 0 Å². The number of nitrogens with zero attached hydrogens (tertiary/aromatic N) is 1. The van der Waals surface area contributed by atoms with E-state index in [9.17, 15) is 9.59 Å². The second-order valence-electron chi connectivity index (χ2n) is 7.79. The van der Waals surface area contributed by atoms with Crippen molar-refractivity contribution in [2.75, 3.05) is 13.1 Å². The van der Waals surface area contributed by atoms with Crippen LogP contribution in [0.5, 0.6) is 0 Å². The van der Waals surface area contributed by atoms with E-state index in [1.165, 1.54) is 12.8 Å². The molecule has 5 nitrogen and oxygen atoms in total. The number of hydrogen-bond donors (Lipinski definition) is 2. The van der Waals surface area contributed by atoms with Crippen molar-refractivity contribution in [2.24, 2.45) is 5.92 Å². The standard InChI is InChI=1S/C19H33N3O2/c23-18-16-11-5-6-12-17(16)22(14-8-2-1-7-13-20-18)19(24)21-15-9-3-4-10-15/h15-17H,1-14H2,(H,20,23)(H,21,24)/t16-,17+/m1/s1. The smallest absolute Gasteiger partial charge is 0.317 e. The van der Waals surface area contributed by atoms with Gasteiger partial charge in [-0.1, -0.05) is 38.5 Å². The molecule has 3 aliphatic rings. The van der Waals surface area contributed by atoms with Crippen molar-refractivity contribution in [3.05, 3.63) is 0 Å². The van der Waals surface area contributed by atoms with Crippen LogP contribution in [0.15, 0.2) is 0 Å². The highest BCUT2D eigenvalue weighted by Gasteiger charge is 2.37. The van der Waals surface area contributed by atoms with Crippen molar-refractivity contribution in [1.82, 2.24) is 15.5 Å². The maximum atomic E-state index is 12.9. The number of carbonyl (C=O) groups is 2. The van der Waals surface area contributed by atoms with E-state index >= 15 is 0 Å². The first-order chi connectivity index (χ1) is 11.8. The van der Waals surface area contributed by atoms with Gasteiger partial charge in [0.1, 0.15) is 0 Å². The summed E-state index contributed by atoms with van der Waals surface area (Å²) in [5.74, 6) is 0.145. The predicted molar refractivity (Wildman–Crippen MR) is 94.7 cm³/mol. The number of carbonyl (C=O) groups excluding carboxylic acids is 2. The molecule has 0 spiro atoms. The van der Waals surface area contributed by atoms with Crippen LogP contribution in [0.2, 0.25) is 0 Å². The summed E-state index contributed by atoms with van der Waals surface area (Å²) in [5, 5.41) is 6.37. The highest BCUT2D eigenvalue weighted by Crippen LogP contribution is 2.30. The Morgan fingerprint density at radius 1 is 0.917 bits per heavy atom. The summed E-state index contributed by atoms with van der Waals surface area (Å²) in [6.07, 6.45) is 13.1. The van der Waals surface area contributed by atoms with Crippen molar-refractivity contribution >= 4 is 11.9 Å². The van der Waals surface area contributed by atoms with Crippen molar-refractivity contribution in [2.45, 2.75) is 89.1 Å². The van der Waals surface area contributed by atoms with E-state index in [1.54, 1.807) is 0 Å². The highest BCUT2D eigenvalue weighted by atomic mass is 16.2. The Labute approximate surface area is 145 Å². The molecule has 0 radical (unpaired) electrons. The lowest BCUT2D eigenvalue weighted by atomic mass is 9.82. The van der Waals surface area contributed by atoms with Crippen LogP contribution in [0.1, 0.15) is 77.0 Å². The molecule has 2 atom stereocenters. The third-order valence-corrected chi connectivity index (χ3v) is 6.04. The van der Waals surface area contributed by atoms with Gasteiger partial charge in [0.15, 0.2) is 0 Å². The molecule has 2 N–H and O–H groups in total. The molecule has 2 saturated carbocycles. The fourth-order valence-corrected chi connectivity index (χ4v) is 4.64. The van der Waals surface area contributed by atoms with E-state index in [1.807, 2.05) is 4.90 Å². The van der Waals surface area contributed by atoms with Gasteiger partial charge in [0, 0.05) is 25.2 Å². The van der Waals surface area contributed by atoms with E-state index in [2.05, 4.69) is 10.6 Å². The minimum Gasteiger partial charge on any atom is -0.356 e. The molecule has 1 heterocycles. The summed E-state index contributed by atoms with van der Waals surface area (Å²) < 4.78 is 0. The number of hydrogen-bond acceptors (Lipinski definition) is 2. The number of fused-ring (bicyclic) bond motifs is 1. The first kappa shape index (κ1) is 17.6. The Hall–Kier alpha value is -1.26. The molecule has 5 heteroatoms. The van der Waals surface area contributed by atoms with Crippen molar-refractivity contribution in [3.63, 3.8) is 0 Å². The summed E-state index contributed by atoms with van der Waals surface area (Å²) in [4.78, 5) is 27.6. The molecule has 0 aromatic rings. The Morgan fingerprint density at radius 2 is 1.62 bits per heavy atom. The van der Waals surface area contributed by atoms with Crippen LogP contribution in [0.25, 0.3) is 0 Å². The quantitative estimate of drug-likeness (QED) is 0.773. The van der Waals surface area contributed by atoms with Gasteiger partial charge >= 0.3 is 6.03 Å². The highest BCUT2D eigenvalue weighted by molar-refractivity contribution is 5.81. The van der Waals surface area contributed by atoms with Gasteiger partial charge in [-0.3, -0.25) is 4.79 Å². The van der Waals surface area contributed by atoms with Crippen LogP contribution in [0.3, 0.4) is 0 Å². The third kappa shape index (κ3) is 4.42. The zero-order valence-corrected chi connectivity index (χ0v) is 14.9. The lowest BCUT2D eigenvalue weighted by molar-refractivity contribution is -0.127. The van der Waals surface area contributed by atoms with Crippen LogP contribution in [0, 0.1) is 5.92 Å². The second kappa shape index (κ2) is 8.72. The molecule has 136 valence electrons. The summed E-state index contributed by atoms with van der Waals surface area (Å²) in [6, 6.07) is 0.496. The number of rotatable bonds is 1. The summed E-state index contributed by atoms with van der Waals surface area (Å²) >= 11 is 0. The maximum Gasteiger partial charge on any atom is 0.317 e. The second-order valence-corrected chi connectivity index (χ2v) is 7.79. The van der Waals surface area contributed by atoms with Crippen molar-refractivity contribution in [3.8, 4) is 0 Å². The minimum atomic E-state index is -0.0221. The molecule has 3 fully saturated rings. The molecule has 3 amide bonds. The van der Waals surface area contributed by atoms with Gasteiger partial charge in [0.2, 0.25) is 5.91 Å². The molecule has 24 heavy (non-hydrogen) atoms. The van der Waals surface area contributed by atoms with Gasteiger partial charge in [-0.25, -0.2) is 4.79 Å². The predicted octanol–water partition coefficient (Wildman–Crippen LogP) is 3.19. The Bertz CT molecular complexity index is 434. The Balaban J connectivity index is 1.72. The fourth-order valence-electron chi connectivity index (χ4n) is 4.64. The monoisotopic (exact) mass is 335 g/mol. The zero-order chi connectivity index (χ0) is 16.8. The largest absolute Gasteiger partial charge is 0.356 e. The summed E-state index contributed by atoms with van der Waals surface area (Å²) in [7, 11) is 0. The zero-order valence-electron chi connectivity index (χ0n) is 14.9. The average molecular weight is 335 g/mol. The number of nitrogens with one attached hydrogen (secondary N) is 2. The molecule has 0 unspecified atom stereocenters. The molecule has 0 bridgehead atoms. The minimum absolute atomic E-state index is 0.0221.